The Hall–Kier alpha value is -0.840. The van der Waals surface area contributed by atoms with Gasteiger partial charge in [-0.15, -0.1) is 0 Å². The van der Waals surface area contributed by atoms with Gasteiger partial charge in [-0.05, 0) is 6.92 Å². The fourth-order valence-corrected chi connectivity index (χ4v) is 1.46. The van der Waals surface area contributed by atoms with Gasteiger partial charge < -0.3 is 0 Å². The van der Waals surface area contributed by atoms with E-state index in [1.54, 1.807) is 10.9 Å². The van der Waals surface area contributed by atoms with Crippen LogP contribution >= 0.6 is 0 Å². The van der Waals surface area contributed by atoms with Crippen molar-refractivity contribution in [2.24, 2.45) is 11.4 Å². The number of hydrogen-bond donors (Lipinski definition) is 0. The molecule has 1 aromatic rings. The Morgan fingerprint density at radius 1 is 1.69 bits per heavy atom. The monoisotopic (exact) mass is 201 g/mol. The van der Waals surface area contributed by atoms with Gasteiger partial charge in [-0.1, -0.05) is 6.92 Å². The molecule has 13 heavy (non-hydrogen) atoms. The van der Waals surface area contributed by atoms with E-state index in [0.29, 0.717) is 11.6 Å². The molecule has 1 unspecified atom stereocenters. The van der Waals surface area contributed by atoms with Crippen LogP contribution in [0.1, 0.15) is 12.6 Å². The van der Waals surface area contributed by atoms with Crippen LogP contribution < -0.4 is 0 Å². The third-order valence-electron chi connectivity index (χ3n) is 1.92. The third-order valence-corrected chi connectivity index (χ3v) is 3.57. The van der Waals surface area contributed by atoms with Crippen LogP contribution in [-0.4, -0.2) is 26.0 Å². The highest BCUT2D eigenvalue weighted by Gasteiger charge is 2.02. The van der Waals surface area contributed by atoms with Crippen LogP contribution in [0.4, 0.5) is 5.82 Å². The first kappa shape index (κ1) is 10.2. The van der Waals surface area contributed by atoms with Gasteiger partial charge in [-0.2, -0.15) is 9.46 Å². The molecule has 0 radical (unpaired) electrons. The first-order chi connectivity index (χ1) is 5.94. The molecule has 0 saturated heterocycles. The van der Waals surface area contributed by atoms with Gasteiger partial charge in [0.25, 0.3) is 0 Å². The molecule has 0 amide bonds. The number of nitrogens with zero attached hydrogens (tertiary/aromatic N) is 3. The quantitative estimate of drug-likeness (QED) is 0.727. The summed E-state index contributed by atoms with van der Waals surface area (Å²) in [6.07, 6.45) is 1.65. The Bertz CT molecular complexity index is 394. The maximum atomic E-state index is 11.6. The molecule has 0 fully saturated rings. The number of hydrogen-bond acceptors (Lipinski definition) is 3. The van der Waals surface area contributed by atoms with E-state index >= 15 is 0 Å². The summed E-state index contributed by atoms with van der Waals surface area (Å²) >= 11 is 0. The Kier molecular flexibility index (Phi) is 2.75. The zero-order valence-electron chi connectivity index (χ0n) is 8.44. The van der Waals surface area contributed by atoms with Crippen molar-refractivity contribution < 1.29 is 4.21 Å². The van der Waals surface area contributed by atoms with E-state index in [4.69, 9.17) is 0 Å². The summed E-state index contributed by atoms with van der Waals surface area (Å²) < 4.78 is 17.4. The second-order valence-electron chi connectivity index (χ2n) is 3.11. The number of aryl methyl sites for hydroxylation is 2. The van der Waals surface area contributed by atoms with E-state index in [2.05, 4.69) is 9.46 Å². The minimum atomic E-state index is -2.08. The summed E-state index contributed by atoms with van der Waals surface area (Å²) in [6.45, 7) is 3.80. The second-order valence-corrected chi connectivity index (χ2v) is 5.79. The first-order valence-electron chi connectivity index (χ1n) is 4.15. The standard InChI is InChI=1S/C8H15N3OS/c1-5-13(4,12)10-8-6-7(2)11(3)9-8/h6H,5H2,1-4H3. The van der Waals surface area contributed by atoms with Crippen molar-refractivity contribution in [3.05, 3.63) is 11.8 Å². The highest BCUT2D eigenvalue weighted by molar-refractivity contribution is 7.93. The lowest BCUT2D eigenvalue weighted by atomic mass is 10.5. The van der Waals surface area contributed by atoms with Crippen molar-refractivity contribution in [2.75, 3.05) is 12.0 Å². The van der Waals surface area contributed by atoms with Crippen LogP contribution in [0.15, 0.2) is 10.4 Å². The van der Waals surface area contributed by atoms with Gasteiger partial charge in [0.15, 0.2) is 5.82 Å². The zero-order valence-corrected chi connectivity index (χ0v) is 9.26. The van der Waals surface area contributed by atoms with Gasteiger partial charge in [0.05, 0.1) is 9.73 Å². The van der Waals surface area contributed by atoms with Crippen molar-refractivity contribution in [3.8, 4) is 0 Å². The molecule has 0 bridgehead atoms. The van der Waals surface area contributed by atoms with Crippen LogP contribution in [0, 0.1) is 6.92 Å². The highest BCUT2D eigenvalue weighted by Crippen LogP contribution is 2.13. The number of aromatic nitrogens is 2. The van der Waals surface area contributed by atoms with E-state index < -0.39 is 9.73 Å². The molecular weight excluding hydrogens is 186 g/mol. The van der Waals surface area contributed by atoms with Gasteiger partial charge >= 0.3 is 0 Å². The molecule has 0 aliphatic heterocycles. The zero-order chi connectivity index (χ0) is 10.1. The van der Waals surface area contributed by atoms with Crippen LogP contribution in [0.3, 0.4) is 0 Å². The van der Waals surface area contributed by atoms with Crippen molar-refractivity contribution in [2.45, 2.75) is 13.8 Å². The molecule has 1 heterocycles. The predicted octanol–water partition coefficient (Wildman–Crippen LogP) is 1.48. The Balaban J connectivity index is 3.12. The average molecular weight is 201 g/mol. The van der Waals surface area contributed by atoms with Crippen LogP contribution in [-0.2, 0) is 16.8 Å². The molecule has 0 aromatic carbocycles. The van der Waals surface area contributed by atoms with Gasteiger partial charge in [-0.25, -0.2) is 4.21 Å². The lowest BCUT2D eigenvalue weighted by Crippen LogP contribution is -1.98. The maximum absolute atomic E-state index is 11.6. The minimum absolute atomic E-state index is 0.558. The lowest BCUT2D eigenvalue weighted by Gasteiger charge is -1.95. The molecule has 1 aromatic heterocycles. The van der Waals surface area contributed by atoms with E-state index in [0.717, 1.165) is 5.69 Å². The summed E-state index contributed by atoms with van der Waals surface area (Å²) in [6, 6.07) is 1.83. The van der Waals surface area contributed by atoms with Crippen LogP contribution in [0.5, 0.6) is 0 Å². The Morgan fingerprint density at radius 3 is 2.69 bits per heavy atom. The Labute approximate surface area is 79.1 Å². The molecule has 0 aliphatic carbocycles. The highest BCUT2D eigenvalue weighted by atomic mass is 32.2. The van der Waals surface area contributed by atoms with Gasteiger partial charge in [0.1, 0.15) is 0 Å². The van der Waals surface area contributed by atoms with Crippen molar-refractivity contribution in [1.82, 2.24) is 9.78 Å². The van der Waals surface area contributed by atoms with Crippen molar-refractivity contribution in [1.29, 1.82) is 0 Å². The molecule has 0 aliphatic rings. The van der Waals surface area contributed by atoms with Gasteiger partial charge in [-0.3, -0.25) is 4.68 Å². The maximum Gasteiger partial charge on any atom is 0.183 e. The fraction of sp³-hybridized carbons (Fsp3) is 0.625. The van der Waals surface area contributed by atoms with Crippen LogP contribution in [0.2, 0.25) is 0 Å². The van der Waals surface area contributed by atoms with Gasteiger partial charge in [0.2, 0.25) is 0 Å². The van der Waals surface area contributed by atoms with E-state index in [1.165, 1.54) is 0 Å². The normalized spacial score (nSPS) is 15.4. The molecule has 1 rings (SSSR count). The molecule has 0 saturated carbocycles. The van der Waals surface area contributed by atoms with E-state index in [-0.39, 0.29) is 0 Å². The Morgan fingerprint density at radius 2 is 2.31 bits per heavy atom. The van der Waals surface area contributed by atoms with E-state index in [1.807, 2.05) is 27.0 Å². The fourth-order valence-electron chi connectivity index (χ4n) is 0.849. The molecule has 1 atom stereocenters. The number of rotatable bonds is 2. The van der Waals surface area contributed by atoms with E-state index in [9.17, 15) is 4.21 Å². The van der Waals surface area contributed by atoms with Crippen LogP contribution in [0.25, 0.3) is 0 Å². The minimum Gasteiger partial charge on any atom is -0.271 e. The predicted molar refractivity (Wildman–Crippen MR) is 54.6 cm³/mol. The third kappa shape index (κ3) is 2.55. The smallest absolute Gasteiger partial charge is 0.183 e. The largest absolute Gasteiger partial charge is 0.271 e. The lowest BCUT2D eigenvalue weighted by molar-refractivity contribution is 0.681. The summed E-state index contributed by atoms with van der Waals surface area (Å²) in [7, 11) is -0.232. The molecule has 74 valence electrons. The molecule has 5 heteroatoms. The van der Waals surface area contributed by atoms with Crippen molar-refractivity contribution >= 4 is 15.5 Å². The summed E-state index contributed by atoms with van der Waals surface area (Å²) in [4.78, 5) is 0. The molecule has 0 N–H and O–H groups in total. The average Bonchev–Trinajstić information content (AvgIpc) is 2.30. The van der Waals surface area contributed by atoms with Crippen molar-refractivity contribution in [3.63, 3.8) is 0 Å². The molecular formula is C8H15N3OS. The van der Waals surface area contributed by atoms with Gasteiger partial charge in [0, 0.05) is 30.8 Å². The summed E-state index contributed by atoms with van der Waals surface area (Å²) in [5.41, 5.74) is 1.02. The summed E-state index contributed by atoms with van der Waals surface area (Å²) in [5, 5.41) is 4.11. The SMILES string of the molecule is CCS(C)(=O)=Nc1cc(C)n(C)n1. The molecule has 0 spiro atoms. The first-order valence-corrected chi connectivity index (χ1v) is 6.24. The second kappa shape index (κ2) is 3.49. The molecule has 4 nitrogen and oxygen atoms in total. The summed E-state index contributed by atoms with van der Waals surface area (Å²) in [5.74, 6) is 1.12. The topological polar surface area (TPSA) is 47.2 Å².